The van der Waals surface area contributed by atoms with Gasteiger partial charge in [-0.2, -0.15) is 13.2 Å². The van der Waals surface area contributed by atoms with Gasteiger partial charge in [-0.3, -0.25) is 0 Å². The Morgan fingerprint density at radius 1 is 1.22 bits per heavy atom. The van der Waals surface area contributed by atoms with Crippen LogP contribution in [-0.4, -0.2) is 16.7 Å². The first-order valence-electron chi connectivity index (χ1n) is 5.66. The van der Waals surface area contributed by atoms with E-state index in [4.69, 9.17) is 5.73 Å². The van der Waals surface area contributed by atoms with Crippen LogP contribution in [0.15, 0.2) is 29.2 Å². The lowest BCUT2D eigenvalue weighted by atomic mass is 9.99. The molecule has 2 atom stereocenters. The van der Waals surface area contributed by atoms with Crippen molar-refractivity contribution < 1.29 is 18.3 Å². The van der Waals surface area contributed by atoms with Gasteiger partial charge >= 0.3 is 5.51 Å². The monoisotopic (exact) mass is 277 g/mol. The molecular weight excluding hydrogens is 263 g/mol. The van der Waals surface area contributed by atoms with E-state index in [1.165, 1.54) is 12.1 Å². The average molecular weight is 277 g/mol. The van der Waals surface area contributed by atoms with E-state index in [1.54, 1.807) is 12.1 Å². The van der Waals surface area contributed by atoms with Gasteiger partial charge in [0.2, 0.25) is 0 Å². The standard InChI is InChI=1S/C12H14F3NOS/c13-12(14,15)18-9-5-3-7(4-6-9)10(16)11(17)8-1-2-8/h3-6,8,10-11,17H,1-2,16H2/t10-,11+/m0/s1. The summed E-state index contributed by atoms with van der Waals surface area (Å²) in [4.78, 5) is 0.124. The predicted molar refractivity (Wildman–Crippen MR) is 64.0 cm³/mol. The van der Waals surface area contributed by atoms with E-state index in [-0.39, 0.29) is 22.6 Å². The third-order valence-electron chi connectivity index (χ3n) is 2.97. The number of alkyl halides is 3. The van der Waals surface area contributed by atoms with Crippen LogP contribution in [0.4, 0.5) is 13.2 Å². The van der Waals surface area contributed by atoms with Crippen LogP contribution >= 0.6 is 11.8 Å². The molecule has 18 heavy (non-hydrogen) atoms. The second kappa shape index (κ2) is 5.11. The molecule has 0 unspecified atom stereocenters. The fraction of sp³-hybridized carbons (Fsp3) is 0.500. The molecule has 1 saturated carbocycles. The average Bonchev–Trinajstić information content (AvgIpc) is 3.10. The Bertz CT molecular complexity index is 403. The summed E-state index contributed by atoms with van der Waals surface area (Å²) in [7, 11) is 0. The van der Waals surface area contributed by atoms with Crippen molar-refractivity contribution in [3.63, 3.8) is 0 Å². The number of benzene rings is 1. The second-order valence-corrected chi connectivity index (χ2v) is 5.61. The zero-order valence-electron chi connectivity index (χ0n) is 9.52. The van der Waals surface area contributed by atoms with Gasteiger partial charge < -0.3 is 10.8 Å². The Hall–Kier alpha value is -0.720. The number of thioether (sulfide) groups is 1. The van der Waals surface area contributed by atoms with Crippen LogP contribution in [0.1, 0.15) is 24.4 Å². The van der Waals surface area contributed by atoms with Gasteiger partial charge in [-0.25, -0.2) is 0 Å². The van der Waals surface area contributed by atoms with E-state index in [9.17, 15) is 18.3 Å². The van der Waals surface area contributed by atoms with Crippen molar-refractivity contribution in [1.82, 2.24) is 0 Å². The predicted octanol–water partition coefficient (Wildman–Crippen LogP) is 3.07. The molecule has 6 heteroatoms. The van der Waals surface area contributed by atoms with E-state index in [0.29, 0.717) is 5.56 Å². The molecule has 100 valence electrons. The maximum absolute atomic E-state index is 12.1. The van der Waals surface area contributed by atoms with E-state index in [0.717, 1.165) is 12.8 Å². The van der Waals surface area contributed by atoms with Gasteiger partial charge in [0, 0.05) is 4.90 Å². The SMILES string of the molecule is N[C@@H](c1ccc(SC(F)(F)F)cc1)[C@H](O)C1CC1. The van der Waals surface area contributed by atoms with Crippen molar-refractivity contribution in [2.45, 2.75) is 35.4 Å². The van der Waals surface area contributed by atoms with Gasteiger partial charge in [0.15, 0.2) is 0 Å². The summed E-state index contributed by atoms with van der Waals surface area (Å²) < 4.78 is 36.4. The lowest BCUT2D eigenvalue weighted by molar-refractivity contribution is -0.0328. The fourth-order valence-electron chi connectivity index (χ4n) is 1.82. The smallest absolute Gasteiger partial charge is 0.391 e. The molecule has 0 heterocycles. The molecule has 1 aliphatic carbocycles. The zero-order valence-corrected chi connectivity index (χ0v) is 10.3. The lowest BCUT2D eigenvalue weighted by Crippen LogP contribution is -2.27. The summed E-state index contributed by atoms with van der Waals surface area (Å²) >= 11 is -0.155. The normalized spacial score (nSPS) is 19.6. The van der Waals surface area contributed by atoms with Crippen molar-refractivity contribution >= 4 is 11.8 Å². The molecule has 0 radical (unpaired) electrons. The minimum Gasteiger partial charge on any atom is -0.391 e. The second-order valence-electron chi connectivity index (χ2n) is 4.47. The van der Waals surface area contributed by atoms with Gasteiger partial charge in [-0.15, -0.1) is 0 Å². The summed E-state index contributed by atoms with van der Waals surface area (Å²) in [5.41, 5.74) is 2.26. The highest BCUT2D eigenvalue weighted by Gasteiger charge is 2.34. The molecule has 2 rings (SSSR count). The first kappa shape index (κ1) is 13.7. The zero-order chi connectivity index (χ0) is 13.3. The third-order valence-corrected chi connectivity index (χ3v) is 3.71. The summed E-state index contributed by atoms with van der Waals surface area (Å²) in [5, 5.41) is 9.86. The molecule has 0 saturated heterocycles. The molecule has 0 aromatic heterocycles. The molecule has 1 aromatic rings. The molecule has 2 nitrogen and oxygen atoms in total. The lowest BCUT2D eigenvalue weighted by Gasteiger charge is -2.19. The molecule has 0 bridgehead atoms. The number of hydrogen-bond acceptors (Lipinski definition) is 3. The maximum atomic E-state index is 12.1. The van der Waals surface area contributed by atoms with Gasteiger partial charge in [0.25, 0.3) is 0 Å². The third kappa shape index (κ3) is 3.63. The highest BCUT2D eigenvalue weighted by atomic mass is 32.2. The van der Waals surface area contributed by atoms with E-state index < -0.39 is 17.7 Å². The number of nitrogens with two attached hydrogens (primary N) is 1. The van der Waals surface area contributed by atoms with Gasteiger partial charge in [0.05, 0.1) is 12.1 Å². The Morgan fingerprint density at radius 2 is 1.78 bits per heavy atom. The number of aliphatic hydroxyl groups is 1. The summed E-state index contributed by atoms with van der Waals surface area (Å²) in [6, 6.07) is 5.33. The molecular formula is C12H14F3NOS. The van der Waals surface area contributed by atoms with Crippen molar-refractivity contribution in [1.29, 1.82) is 0 Å². The quantitative estimate of drug-likeness (QED) is 0.831. The molecule has 1 fully saturated rings. The van der Waals surface area contributed by atoms with Crippen LogP contribution in [0.5, 0.6) is 0 Å². The largest absolute Gasteiger partial charge is 0.446 e. The van der Waals surface area contributed by atoms with Crippen LogP contribution < -0.4 is 5.73 Å². The minimum atomic E-state index is -4.28. The number of aliphatic hydroxyl groups excluding tert-OH is 1. The van der Waals surface area contributed by atoms with Gasteiger partial charge in [-0.1, -0.05) is 12.1 Å². The minimum absolute atomic E-state index is 0.124. The van der Waals surface area contributed by atoms with E-state index >= 15 is 0 Å². The molecule has 3 N–H and O–H groups in total. The Morgan fingerprint density at radius 3 is 2.22 bits per heavy atom. The number of hydrogen-bond donors (Lipinski definition) is 2. The molecule has 1 aliphatic rings. The highest BCUT2D eigenvalue weighted by molar-refractivity contribution is 8.00. The van der Waals surface area contributed by atoms with Crippen LogP contribution in [0.25, 0.3) is 0 Å². The first-order chi connectivity index (χ1) is 8.37. The van der Waals surface area contributed by atoms with Crippen LogP contribution in [0, 0.1) is 5.92 Å². The van der Waals surface area contributed by atoms with Crippen molar-refractivity contribution in [2.75, 3.05) is 0 Å². The van der Waals surface area contributed by atoms with Crippen LogP contribution in [-0.2, 0) is 0 Å². The molecule has 1 aromatic carbocycles. The molecule has 0 aliphatic heterocycles. The Balaban J connectivity index is 2.02. The molecule has 0 amide bonds. The van der Waals surface area contributed by atoms with E-state index in [2.05, 4.69) is 0 Å². The first-order valence-corrected chi connectivity index (χ1v) is 6.48. The Kier molecular flexibility index (Phi) is 3.89. The topological polar surface area (TPSA) is 46.2 Å². The Labute approximate surface area is 107 Å². The van der Waals surface area contributed by atoms with Gasteiger partial charge in [0.1, 0.15) is 0 Å². The number of rotatable bonds is 4. The summed E-state index contributed by atoms with van der Waals surface area (Å²) in [6.07, 6.45) is 1.33. The highest BCUT2D eigenvalue weighted by Crippen LogP contribution is 2.39. The summed E-state index contributed by atoms with van der Waals surface area (Å²) in [6.45, 7) is 0. The van der Waals surface area contributed by atoms with Crippen molar-refractivity contribution in [3.8, 4) is 0 Å². The maximum Gasteiger partial charge on any atom is 0.446 e. The fourth-order valence-corrected chi connectivity index (χ4v) is 2.36. The molecule has 0 spiro atoms. The van der Waals surface area contributed by atoms with Crippen LogP contribution in [0.3, 0.4) is 0 Å². The van der Waals surface area contributed by atoms with Crippen molar-refractivity contribution in [2.24, 2.45) is 11.7 Å². The number of halogens is 3. The van der Waals surface area contributed by atoms with E-state index in [1.807, 2.05) is 0 Å². The summed E-state index contributed by atoms with van der Waals surface area (Å²) in [5.74, 6) is 0.240. The van der Waals surface area contributed by atoms with Gasteiger partial charge in [-0.05, 0) is 48.2 Å². The van der Waals surface area contributed by atoms with Crippen LogP contribution in [0.2, 0.25) is 0 Å². The van der Waals surface area contributed by atoms with Crippen molar-refractivity contribution in [3.05, 3.63) is 29.8 Å².